The molecule has 0 bridgehead atoms. The molecule has 0 radical (unpaired) electrons. The van der Waals surface area contributed by atoms with E-state index in [2.05, 4.69) is 16.3 Å². The van der Waals surface area contributed by atoms with Crippen LogP contribution in [0.2, 0.25) is 5.02 Å². The highest BCUT2D eigenvalue weighted by molar-refractivity contribution is 7.10. The predicted molar refractivity (Wildman–Crippen MR) is 112 cm³/mol. The van der Waals surface area contributed by atoms with Gasteiger partial charge in [0.05, 0.1) is 7.11 Å². The molecule has 1 aromatic carbocycles. The van der Waals surface area contributed by atoms with E-state index < -0.39 is 30.2 Å². The number of carbonyl (C=O) groups is 3. The van der Waals surface area contributed by atoms with Crippen LogP contribution in [0, 0.1) is 0 Å². The van der Waals surface area contributed by atoms with Crippen molar-refractivity contribution in [1.82, 2.24) is 4.90 Å². The molecule has 31 heavy (non-hydrogen) atoms. The number of benzene rings is 1. The summed E-state index contributed by atoms with van der Waals surface area (Å²) in [4.78, 5) is 35.4. The van der Waals surface area contributed by atoms with E-state index in [-0.39, 0.29) is 5.97 Å². The van der Waals surface area contributed by atoms with Crippen molar-refractivity contribution in [3.63, 3.8) is 0 Å². The molecule has 168 valence electrons. The third-order valence-electron chi connectivity index (χ3n) is 4.63. The number of esters is 1. The van der Waals surface area contributed by atoms with Crippen LogP contribution < -0.4 is 0 Å². The van der Waals surface area contributed by atoms with Gasteiger partial charge in [-0.3, -0.25) is 4.90 Å². The number of carbonyl (C=O) groups excluding carboxylic acids is 1. The van der Waals surface area contributed by atoms with Crippen LogP contribution in [0.4, 0.5) is 0 Å². The maximum absolute atomic E-state index is 12.3. The molecule has 0 saturated heterocycles. The topological polar surface area (TPSA) is 145 Å². The Morgan fingerprint density at radius 1 is 1.10 bits per heavy atom. The number of hydrogen-bond acceptors (Lipinski definition) is 8. The molecule has 2 aromatic rings. The first kappa shape index (κ1) is 24.8. The number of nitrogens with zero attached hydrogens (tertiary/aromatic N) is 1. The third kappa shape index (κ3) is 6.25. The zero-order valence-electron chi connectivity index (χ0n) is 16.5. The SMILES string of the molecule is COC(=O)[C@H](c1ccccc1Cl)N1CCc2sccc2C1.O=C(O)C(O)C(O)C(=O)O. The van der Waals surface area contributed by atoms with E-state index >= 15 is 0 Å². The molecule has 9 nitrogen and oxygen atoms in total. The minimum Gasteiger partial charge on any atom is -0.479 e. The molecular formula is C20H22ClNO8S. The van der Waals surface area contributed by atoms with Crippen LogP contribution in [0.5, 0.6) is 0 Å². The van der Waals surface area contributed by atoms with Gasteiger partial charge in [-0.2, -0.15) is 0 Å². The van der Waals surface area contributed by atoms with E-state index in [1.165, 1.54) is 17.6 Å². The van der Waals surface area contributed by atoms with E-state index in [1.54, 1.807) is 11.3 Å². The smallest absolute Gasteiger partial charge is 0.335 e. The molecule has 3 atom stereocenters. The number of carboxylic acids is 2. The summed E-state index contributed by atoms with van der Waals surface area (Å²) in [6, 6.07) is 9.16. The number of thiophene rings is 1. The molecule has 2 heterocycles. The summed E-state index contributed by atoms with van der Waals surface area (Å²) in [6.45, 7) is 1.59. The average molecular weight is 472 g/mol. The normalized spacial score (nSPS) is 16.1. The van der Waals surface area contributed by atoms with Crippen molar-refractivity contribution >= 4 is 40.8 Å². The standard InChI is InChI=1S/C16H16ClNO2S.C4H6O6/c1-20-16(19)15(12-4-2-3-5-13(12)17)18-8-6-14-11(10-18)7-9-21-14;5-1(3(7)8)2(6)4(9)10/h2-5,7,9,15H,6,8,10H2,1H3;1-2,5-6H,(H,7,8)(H,9,10)/t15-;/m0./s1. The first-order chi connectivity index (χ1) is 14.7. The quantitative estimate of drug-likeness (QED) is 0.461. The van der Waals surface area contributed by atoms with Crippen LogP contribution in [0.25, 0.3) is 0 Å². The van der Waals surface area contributed by atoms with Crippen LogP contribution in [0.15, 0.2) is 35.7 Å². The molecule has 3 rings (SSSR count). The summed E-state index contributed by atoms with van der Waals surface area (Å²) < 4.78 is 5.01. The maximum Gasteiger partial charge on any atom is 0.335 e. The Labute approximate surface area is 187 Å². The second-order valence-electron chi connectivity index (χ2n) is 6.60. The molecule has 2 unspecified atom stereocenters. The lowest BCUT2D eigenvalue weighted by Crippen LogP contribution is -2.39. The highest BCUT2D eigenvalue weighted by Crippen LogP contribution is 2.33. The van der Waals surface area contributed by atoms with Gasteiger partial charge in [0, 0.05) is 23.0 Å². The molecule has 4 N–H and O–H groups in total. The summed E-state index contributed by atoms with van der Waals surface area (Å²) in [5.41, 5.74) is 2.11. The number of aliphatic carboxylic acids is 2. The van der Waals surface area contributed by atoms with E-state index in [4.69, 9.17) is 36.8 Å². The Hall–Kier alpha value is -2.50. The van der Waals surface area contributed by atoms with Gasteiger partial charge in [0.1, 0.15) is 6.04 Å². The molecule has 0 aliphatic carbocycles. The number of aliphatic hydroxyl groups is 2. The van der Waals surface area contributed by atoms with Crippen LogP contribution in [-0.4, -0.2) is 69.1 Å². The van der Waals surface area contributed by atoms with Crippen LogP contribution in [0.3, 0.4) is 0 Å². The maximum atomic E-state index is 12.3. The summed E-state index contributed by atoms with van der Waals surface area (Å²) in [7, 11) is 1.42. The van der Waals surface area contributed by atoms with E-state index in [0.717, 1.165) is 25.1 Å². The summed E-state index contributed by atoms with van der Waals surface area (Å²) in [5.74, 6) is -3.80. The number of ether oxygens (including phenoxy) is 1. The largest absolute Gasteiger partial charge is 0.479 e. The van der Waals surface area contributed by atoms with Gasteiger partial charge in [0.2, 0.25) is 0 Å². The van der Waals surface area contributed by atoms with Crippen molar-refractivity contribution in [3.05, 3.63) is 56.7 Å². The monoisotopic (exact) mass is 471 g/mol. The third-order valence-corrected chi connectivity index (χ3v) is 6.00. The number of aliphatic hydroxyl groups excluding tert-OH is 2. The second-order valence-corrected chi connectivity index (χ2v) is 8.01. The van der Waals surface area contributed by atoms with E-state index in [1.807, 2.05) is 24.3 Å². The molecule has 11 heteroatoms. The Morgan fingerprint density at radius 2 is 1.71 bits per heavy atom. The number of rotatable bonds is 6. The van der Waals surface area contributed by atoms with Gasteiger partial charge in [-0.25, -0.2) is 14.4 Å². The highest BCUT2D eigenvalue weighted by Gasteiger charge is 2.32. The van der Waals surface area contributed by atoms with Crippen molar-refractivity contribution < 1.29 is 39.5 Å². The summed E-state index contributed by atoms with van der Waals surface area (Å²) in [5, 5.41) is 35.2. The first-order valence-electron chi connectivity index (χ1n) is 9.10. The molecule has 0 amide bonds. The van der Waals surface area contributed by atoms with E-state index in [9.17, 15) is 14.4 Å². The summed E-state index contributed by atoms with van der Waals surface area (Å²) in [6.07, 6.45) is -3.57. The number of fused-ring (bicyclic) bond motifs is 1. The van der Waals surface area contributed by atoms with Crippen molar-refractivity contribution in [1.29, 1.82) is 0 Å². The van der Waals surface area contributed by atoms with E-state index in [0.29, 0.717) is 5.02 Å². The molecule has 0 saturated carbocycles. The molecular weight excluding hydrogens is 450 g/mol. The summed E-state index contributed by atoms with van der Waals surface area (Å²) >= 11 is 8.07. The van der Waals surface area contributed by atoms with Crippen LogP contribution >= 0.6 is 22.9 Å². The van der Waals surface area contributed by atoms with Gasteiger partial charge in [0.15, 0.2) is 12.2 Å². The Bertz CT molecular complexity index is 915. The lowest BCUT2D eigenvalue weighted by molar-refractivity contribution is -0.165. The van der Waals surface area contributed by atoms with Crippen molar-refractivity contribution in [3.8, 4) is 0 Å². The number of halogens is 1. The minimum atomic E-state index is -2.27. The minimum absolute atomic E-state index is 0.262. The highest BCUT2D eigenvalue weighted by atomic mass is 35.5. The van der Waals surface area contributed by atoms with Gasteiger partial charge in [0.25, 0.3) is 0 Å². The van der Waals surface area contributed by atoms with Gasteiger partial charge < -0.3 is 25.2 Å². The molecule has 1 aliphatic heterocycles. The number of carboxylic acid groups (broad SMARTS) is 2. The zero-order chi connectivity index (χ0) is 23.1. The van der Waals surface area contributed by atoms with Crippen LogP contribution in [-0.2, 0) is 32.1 Å². The van der Waals surface area contributed by atoms with Crippen molar-refractivity contribution in [2.75, 3.05) is 13.7 Å². The average Bonchev–Trinajstić information content (AvgIpc) is 3.22. The van der Waals surface area contributed by atoms with Crippen molar-refractivity contribution in [2.45, 2.75) is 31.2 Å². The number of methoxy groups -OCH3 is 1. The molecule has 0 spiro atoms. The Kier molecular flexibility index (Phi) is 8.96. The van der Waals surface area contributed by atoms with Gasteiger partial charge in [-0.15, -0.1) is 11.3 Å². The predicted octanol–water partition coefficient (Wildman–Crippen LogP) is 1.55. The van der Waals surface area contributed by atoms with Gasteiger partial charge in [-0.05, 0) is 35.1 Å². The zero-order valence-corrected chi connectivity index (χ0v) is 18.0. The fourth-order valence-electron chi connectivity index (χ4n) is 3.04. The fourth-order valence-corrected chi connectivity index (χ4v) is 4.17. The van der Waals surface area contributed by atoms with Crippen LogP contribution in [0.1, 0.15) is 22.0 Å². The molecule has 1 aliphatic rings. The second kappa shape index (κ2) is 11.2. The first-order valence-corrected chi connectivity index (χ1v) is 10.4. The molecule has 1 aromatic heterocycles. The van der Waals surface area contributed by atoms with Gasteiger partial charge >= 0.3 is 17.9 Å². The van der Waals surface area contributed by atoms with Gasteiger partial charge in [-0.1, -0.05) is 29.8 Å². The Morgan fingerprint density at radius 3 is 2.26 bits per heavy atom. The van der Waals surface area contributed by atoms with Crippen molar-refractivity contribution in [2.24, 2.45) is 0 Å². The Balaban J connectivity index is 0.000000291. The molecule has 0 fully saturated rings. The fraction of sp³-hybridized carbons (Fsp3) is 0.350. The lowest BCUT2D eigenvalue weighted by Gasteiger charge is -2.33. The lowest BCUT2D eigenvalue weighted by atomic mass is 10.0. The number of hydrogen-bond donors (Lipinski definition) is 4.